The number of benzene rings is 2. The molecule has 0 atom stereocenters. The number of rotatable bonds is 10. The second-order valence-electron chi connectivity index (χ2n) is 10.1. The predicted octanol–water partition coefficient (Wildman–Crippen LogP) is 6.26. The van der Waals surface area contributed by atoms with Gasteiger partial charge in [0.15, 0.2) is 0 Å². The Morgan fingerprint density at radius 3 is 2.41 bits per heavy atom. The Bertz CT molecular complexity index is 1230. The molecule has 0 bridgehead atoms. The SMILES string of the molecule is CN(C)Cc1ccc2cc(Oc3ccc(-c4ccnn4COCC[Si](C)(C)C)cc3)ccc2n1. The van der Waals surface area contributed by atoms with Crippen molar-refractivity contribution in [3.05, 3.63) is 72.6 Å². The Morgan fingerprint density at radius 1 is 0.912 bits per heavy atom. The highest BCUT2D eigenvalue weighted by Crippen LogP contribution is 2.28. The van der Waals surface area contributed by atoms with Crippen molar-refractivity contribution in [3.63, 3.8) is 0 Å². The lowest BCUT2D eigenvalue weighted by molar-refractivity contribution is 0.0798. The van der Waals surface area contributed by atoms with Crippen LogP contribution >= 0.6 is 0 Å². The van der Waals surface area contributed by atoms with Crippen molar-refractivity contribution in [3.8, 4) is 22.8 Å². The number of pyridine rings is 1. The molecule has 2 aromatic heterocycles. The van der Waals surface area contributed by atoms with E-state index in [1.807, 2.05) is 61.4 Å². The number of fused-ring (bicyclic) bond motifs is 1. The molecule has 6 nitrogen and oxygen atoms in total. The quantitative estimate of drug-likeness (QED) is 0.200. The van der Waals surface area contributed by atoms with Gasteiger partial charge in [-0.2, -0.15) is 5.10 Å². The van der Waals surface area contributed by atoms with Crippen molar-refractivity contribution in [2.75, 3.05) is 20.7 Å². The van der Waals surface area contributed by atoms with Crippen molar-refractivity contribution in [1.82, 2.24) is 19.7 Å². The van der Waals surface area contributed by atoms with Gasteiger partial charge in [0.2, 0.25) is 0 Å². The second kappa shape index (κ2) is 10.5. The van der Waals surface area contributed by atoms with E-state index in [0.717, 1.165) is 58.5 Å². The van der Waals surface area contributed by atoms with Crippen LogP contribution in [-0.4, -0.2) is 48.4 Å². The van der Waals surface area contributed by atoms with Gasteiger partial charge in [0.25, 0.3) is 0 Å². The number of ether oxygens (including phenoxy) is 2. The van der Waals surface area contributed by atoms with Crippen LogP contribution in [0.4, 0.5) is 0 Å². The van der Waals surface area contributed by atoms with Crippen LogP contribution in [0.15, 0.2) is 66.9 Å². The molecule has 34 heavy (non-hydrogen) atoms. The molecule has 7 heteroatoms. The molecule has 0 fully saturated rings. The number of hydrogen-bond donors (Lipinski definition) is 0. The minimum absolute atomic E-state index is 0.465. The highest BCUT2D eigenvalue weighted by atomic mass is 28.3. The topological polar surface area (TPSA) is 52.4 Å². The third kappa shape index (κ3) is 6.53. The second-order valence-corrected chi connectivity index (χ2v) is 15.7. The van der Waals surface area contributed by atoms with Gasteiger partial charge in [0.1, 0.15) is 18.2 Å². The molecule has 2 heterocycles. The van der Waals surface area contributed by atoms with Gasteiger partial charge in [0, 0.05) is 38.4 Å². The standard InChI is InChI=1S/C27H34N4O2Si/c1-30(2)19-23-9-6-22-18-25(12-13-26(22)29-23)33-24-10-7-21(8-11-24)27-14-15-28-31(27)20-32-16-17-34(3,4)5/h6-15,18H,16-17,19-20H2,1-5H3. The van der Waals surface area contributed by atoms with Gasteiger partial charge in [-0.15, -0.1) is 0 Å². The van der Waals surface area contributed by atoms with E-state index >= 15 is 0 Å². The fraction of sp³-hybridized carbons (Fsp3) is 0.333. The van der Waals surface area contributed by atoms with E-state index in [4.69, 9.17) is 14.5 Å². The Morgan fingerprint density at radius 2 is 1.68 bits per heavy atom. The maximum absolute atomic E-state index is 6.12. The largest absolute Gasteiger partial charge is 0.457 e. The zero-order chi connectivity index (χ0) is 24.1. The maximum Gasteiger partial charge on any atom is 0.139 e. The van der Waals surface area contributed by atoms with E-state index in [2.05, 4.69) is 53.9 Å². The van der Waals surface area contributed by atoms with E-state index in [9.17, 15) is 0 Å². The summed E-state index contributed by atoms with van der Waals surface area (Å²) in [6.07, 6.45) is 1.81. The third-order valence-electron chi connectivity index (χ3n) is 5.51. The van der Waals surface area contributed by atoms with Gasteiger partial charge in [-0.05, 0) is 74.7 Å². The minimum atomic E-state index is -1.09. The van der Waals surface area contributed by atoms with Gasteiger partial charge in [-0.1, -0.05) is 25.7 Å². The number of hydrogen-bond acceptors (Lipinski definition) is 5. The zero-order valence-corrected chi connectivity index (χ0v) is 21.8. The minimum Gasteiger partial charge on any atom is -0.457 e. The molecule has 0 spiro atoms. The summed E-state index contributed by atoms with van der Waals surface area (Å²) < 4.78 is 13.9. The van der Waals surface area contributed by atoms with Gasteiger partial charge < -0.3 is 14.4 Å². The average molecular weight is 475 g/mol. The van der Waals surface area contributed by atoms with Crippen LogP contribution in [-0.2, 0) is 18.0 Å². The smallest absolute Gasteiger partial charge is 0.139 e. The molecule has 4 rings (SSSR count). The Hall–Kier alpha value is -3.00. The first kappa shape index (κ1) is 24.1. The van der Waals surface area contributed by atoms with E-state index in [-0.39, 0.29) is 0 Å². The lowest BCUT2D eigenvalue weighted by atomic mass is 10.1. The van der Waals surface area contributed by atoms with Crippen LogP contribution in [0.5, 0.6) is 11.5 Å². The summed E-state index contributed by atoms with van der Waals surface area (Å²) in [6, 6.07) is 21.4. The molecule has 0 unspecified atom stereocenters. The molecule has 0 N–H and O–H groups in total. The first-order valence-corrected chi connectivity index (χ1v) is 15.4. The molecule has 0 saturated heterocycles. The summed E-state index contributed by atoms with van der Waals surface area (Å²) in [4.78, 5) is 6.85. The highest BCUT2D eigenvalue weighted by molar-refractivity contribution is 6.76. The first-order chi connectivity index (χ1) is 16.3. The van der Waals surface area contributed by atoms with Gasteiger partial charge in [-0.25, -0.2) is 4.68 Å². The maximum atomic E-state index is 6.12. The molecule has 4 aromatic rings. The monoisotopic (exact) mass is 474 g/mol. The molecule has 0 radical (unpaired) electrons. The Balaban J connectivity index is 1.40. The summed E-state index contributed by atoms with van der Waals surface area (Å²) in [5.41, 5.74) is 4.14. The van der Waals surface area contributed by atoms with Crippen molar-refractivity contribution < 1.29 is 9.47 Å². The van der Waals surface area contributed by atoms with Crippen LogP contribution < -0.4 is 4.74 Å². The molecule has 0 aliphatic heterocycles. The summed E-state index contributed by atoms with van der Waals surface area (Å²) >= 11 is 0. The highest BCUT2D eigenvalue weighted by Gasteiger charge is 2.13. The average Bonchev–Trinajstić information content (AvgIpc) is 3.25. The molecule has 0 saturated carbocycles. The Labute approximate surface area is 203 Å². The van der Waals surface area contributed by atoms with E-state index < -0.39 is 8.07 Å². The van der Waals surface area contributed by atoms with E-state index in [1.54, 1.807) is 0 Å². The normalized spacial score (nSPS) is 11.9. The van der Waals surface area contributed by atoms with Crippen molar-refractivity contribution in [2.45, 2.75) is 39.0 Å². The first-order valence-electron chi connectivity index (χ1n) is 11.7. The van der Waals surface area contributed by atoms with Crippen molar-refractivity contribution in [1.29, 1.82) is 0 Å². The van der Waals surface area contributed by atoms with Crippen LogP contribution in [0.2, 0.25) is 25.7 Å². The van der Waals surface area contributed by atoms with Crippen molar-refractivity contribution >= 4 is 19.0 Å². The van der Waals surface area contributed by atoms with Crippen molar-refractivity contribution in [2.24, 2.45) is 0 Å². The van der Waals surface area contributed by atoms with E-state index in [0.29, 0.717) is 6.73 Å². The summed E-state index contributed by atoms with van der Waals surface area (Å²) in [5, 5.41) is 5.50. The number of aromatic nitrogens is 3. The molecule has 2 aromatic carbocycles. The predicted molar refractivity (Wildman–Crippen MR) is 141 cm³/mol. The van der Waals surface area contributed by atoms with Gasteiger partial charge in [-0.3, -0.25) is 4.98 Å². The third-order valence-corrected chi connectivity index (χ3v) is 7.21. The molecule has 0 amide bonds. The van der Waals surface area contributed by atoms with Crippen LogP contribution in [0, 0.1) is 0 Å². The molecular weight excluding hydrogens is 440 g/mol. The zero-order valence-electron chi connectivity index (χ0n) is 20.8. The number of nitrogens with zero attached hydrogens (tertiary/aromatic N) is 4. The van der Waals surface area contributed by atoms with E-state index in [1.165, 1.54) is 0 Å². The van der Waals surface area contributed by atoms with Gasteiger partial charge in [0.05, 0.1) is 16.9 Å². The fourth-order valence-electron chi connectivity index (χ4n) is 3.66. The summed E-state index contributed by atoms with van der Waals surface area (Å²) in [6.45, 7) is 9.14. The summed E-state index contributed by atoms with van der Waals surface area (Å²) in [5.74, 6) is 1.58. The van der Waals surface area contributed by atoms with Gasteiger partial charge >= 0.3 is 0 Å². The summed E-state index contributed by atoms with van der Waals surface area (Å²) in [7, 11) is 3.00. The lowest BCUT2D eigenvalue weighted by Gasteiger charge is -2.16. The fourth-order valence-corrected chi connectivity index (χ4v) is 4.42. The van der Waals surface area contributed by atoms with Crippen LogP contribution in [0.3, 0.4) is 0 Å². The Kier molecular flexibility index (Phi) is 7.46. The molecule has 0 aliphatic rings. The van der Waals surface area contributed by atoms with Crippen LogP contribution in [0.1, 0.15) is 5.69 Å². The molecular formula is C27H34N4O2Si. The lowest BCUT2D eigenvalue weighted by Crippen LogP contribution is -2.22. The molecule has 0 aliphatic carbocycles. The van der Waals surface area contributed by atoms with Crippen LogP contribution in [0.25, 0.3) is 22.2 Å². The molecule has 178 valence electrons.